The highest BCUT2D eigenvalue weighted by molar-refractivity contribution is 14.1. The molecule has 0 saturated carbocycles. The van der Waals surface area contributed by atoms with E-state index in [9.17, 15) is 28.8 Å². The molecule has 0 aliphatic carbocycles. The maximum Gasteiger partial charge on any atom is 0.365 e. The number of oxime groups is 6. The molecular formula is C75H94I2N30O12. The smallest absolute Gasteiger partial charge is 0.365 e. The average Bonchev–Trinajstić information content (AvgIpc) is 1.79. The monoisotopic (exact) mass is 1860 g/mol. The summed E-state index contributed by atoms with van der Waals surface area (Å²) in [6, 6.07) is 33.7. The van der Waals surface area contributed by atoms with Gasteiger partial charge >= 0.3 is 34.1 Å². The van der Waals surface area contributed by atoms with Gasteiger partial charge in [-0.3, -0.25) is 0 Å². The van der Waals surface area contributed by atoms with E-state index in [4.69, 9.17) is 29.0 Å². The normalized spacial score (nSPS) is 11.0. The van der Waals surface area contributed by atoms with Gasteiger partial charge in [-0.05, 0) is 287 Å². The molecule has 0 spiro atoms. The van der Waals surface area contributed by atoms with Crippen LogP contribution in [0.5, 0.6) is 0 Å². The van der Waals surface area contributed by atoms with Crippen molar-refractivity contribution in [2.24, 2.45) is 30.9 Å². The Kier molecular flexibility index (Phi) is 37.3. The number of aromatic nitrogens is 24. The third-order valence-electron chi connectivity index (χ3n) is 16.6. The van der Waals surface area contributed by atoms with Crippen molar-refractivity contribution in [2.75, 3.05) is 0 Å². The van der Waals surface area contributed by atoms with Gasteiger partial charge in [-0.15, -0.1) is 0 Å². The minimum absolute atomic E-state index is 0.263. The molecule has 0 atom stereocenters. The summed E-state index contributed by atoms with van der Waals surface area (Å²) in [5, 5.41) is 81.0. The lowest BCUT2D eigenvalue weighted by Gasteiger charge is -2.12. The van der Waals surface area contributed by atoms with E-state index in [-0.39, 0.29) is 68.1 Å². The van der Waals surface area contributed by atoms with Crippen molar-refractivity contribution < 1.29 is 29.0 Å². The summed E-state index contributed by atoms with van der Waals surface area (Å²) in [6.07, 6.45) is 4.17. The first kappa shape index (κ1) is 93.0. The van der Waals surface area contributed by atoms with Crippen LogP contribution in [0.2, 0.25) is 0 Å². The molecule has 6 N–H and O–H groups in total. The number of nitrogens with one attached hydrogen (secondary N) is 6. The van der Waals surface area contributed by atoms with Crippen LogP contribution in [-0.4, -0.2) is 156 Å². The Morgan fingerprint density at radius 2 is 0.513 bits per heavy atom. The molecule has 0 radical (unpaired) electrons. The molecule has 0 unspecified atom stereocenters. The van der Waals surface area contributed by atoms with Crippen molar-refractivity contribution in [3.05, 3.63) is 235 Å². The third kappa shape index (κ3) is 27.5. The molecule has 119 heavy (non-hydrogen) atoms. The number of hydrogen-bond acceptors (Lipinski definition) is 30. The Morgan fingerprint density at radius 3 is 0.739 bits per heavy atom. The summed E-state index contributed by atoms with van der Waals surface area (Å²) in [4.78, 5) is 102. The minimum Gasteiger partial charge on any atom is -0.391 e. The van der Waals surface area contributed by atoms with Gasteiger partial charge in [-0.25, -0.2) is 59.4 Å². The standard InChI is InChI=1S/C14H19N5O2.2C13H17N5O2.C12H14IN5O2.C12H15N5O2.C11H12IN5O2/c1-4-10(3)16-21-9-12-11(5-2)7-6-8-13(12)19-14(20)15-17-18-19;1-4-10(3)15-20-8-11-9(2)6-5-7-12(11)18-13(19)14-16-17-18;1-4-10-6-5-7-12(18-13(19)14-16-17-18)11(10)8-20-15-9(2)3;1-3-8(2)15-20-7-9-10(13)5-4-6-11(9)18-12(19)14-16-17-18;1-8(2)14-19-7-10-9(3)5-4-6-11(10)17-12(18)13-15-16-17;1-7(2)14-19-6-8-9(12)4-3-5-10(8)17-11(18)13-15-16-17/h6-8H,4-5,9H2,1-3H3,(H,15,18,20);2*5-7H,4,8H2,1-3H3,(H,14,17,19);4-6H,3,7H2,1-2H3,(H,14,17,19);4-6H,7H2,1-3H3,(H,13,16,18);3-5H,6H2,1-2H3,(H,13,16,18). The predicted molar refractivity (Wildman–Crippen MR) is 461 cm³/mol. The van der Waals surface area contributed by atoms with E-state index >= 15 is 0 Å². The van der Waals surface area contributed by atoms with Gasteiger partial charge in [-0.2, -0.15) is 28.1 Å². The minimum atomic E-state index is -0.390. The zero-order valence-corrected chi connectivity index (χ0v) is 72.9. The maximum absolute atomic E-state index is 11.7. The van der Waals surface area contributed by atoms with Gasteiger partial charge < -0.3 is 29.0 Å². The fourth-order valence-corrected chi connectivity index (χ4v) is 11.5. The Balaban J connectivity index is 0.000000197. The molecule has 12 rings (SSSR count). The molecule has 6 heterocycles. The molecule has 12 aromatic rings. The molecule has 0 fully saturated rings. The van der Waals surface area contributed by atoms with Crippen molar-refractivity contribution in [3.8, 4) is 34.1 Å². The van der Waals surface area contributed by atoms with Gasteiger partial charge in [0.2, 0.25) is 0 Å². The molecule has 6 aromatic heterocycles. The van der Waals surface area contributed by atoms with Crippen LogP contribution in [0.4, 0.5) is 0 Å². The summed E-state index contributed by atoms with van der Waals surface area (Å²) in [7, 11) is 0. The fraction of sp³-hybridized carbons (Fsp3) is 0.360. The van der Waals surface area contributed by atoms with Crippen LogP contribution in [0.3, 0.4) is 0 Å². The van der Waals surface area contributed by atoms with E-state index in [0.29, 0.717) is 34.1 Å². The van der Waals surface area contributed by atoms with Crippen molar-refractivity contribution in [3.63, 3.8) is 0 Å². The molecule has 42 nitrogen and oxygen atoms in total. The highest BCUT2D eigenvalue weighted by Gasteiger charge is 2.19. The van der Waals surface area contributed by atoms with Gasteiger partial charge in [-0.1, -0.05) is 126 Å². The molecule has 0 saturated heterocycles. The summed E-state index contributed by atoms with van der Waals surface area (Å²) in [5.74, 6) is 0. The molecule has 0 bridgehead atoms. The first-order valence-corrected chi connectivity index (χ1v) is 39.2. The van der Waals surface area contributed by atoms with E-state index in [1.54, 1.807) is 24.3 Å². The number of tetrazole rings is 6. The second kappa shape index (κ2) is 47.8. The fourth-order valence-electron chi connectivity index (χ4n) is 10.2. The van der Waals surface area contributed by atoms with E-state index in [2.05, 4.69) is 176 Å². The number of hydrogen-bond donors (Lipinski definition) is 6. The molecule has 0 aliphatic heterocycles. The molecule has 6 aromatic carbocycles. The van der Waals surface area contributed by atoms with E-state index in [0.717, 1.165) is 129 Å². The second-order valence-electron chi connectivity index (χ2n) is 26.0. The Bertz CT molecular complexity index is 5600. The first-order chi connectivity index (χ1) is 57.2. The first-order valence-electron chi connectivity index (χ1n) is 37.1. The van der Waals surface area contributed by atoms with Crippen molar-refractivity contribution >= 4 is 79.5 Å². The largest absolute Gasteiger partial charge is 0.391 e. The van der Waals surface area contributed by atoms with Gasteiger partial charge in [0, 0.05) is 40.5 Å². The van der Waals surface area contributed by atoms with Crippen molar-refractivity contribution in [2.45, 2.75) is 183 Å². The van der Waals surface area contributed by atoms with E-state index < -0.39 is 5.69 Å². The van der Waals surface area contributed by atoms with Crippen LogP contribution >= 0.6 is 45.2 Å². The summed E-state index contributed by atoms with van der Waals surface area (Å²) in [6.45, 7) is 32.5. The number of nitrogens with zero attached hydrogens (tertiary/aromatic N) is 24. The van der Waals surface area contributed by atoms with Gasteiger partial charge in [0.1, 0.15) is 39.6 Å². The topological polar surface area (TPSA) is 511 Å². The number of H-pyrrole nitrogens is 6. The van der Waals surface area contributed by atoms with Crippen molar-refractivity contribution in [1.29, 1.82) is 0 Å². The molecular weight excluding hydrogens is 1770 g/mol. The summed E-state index contributed by atoms with van der Waals surface area (Å²) < 4.78 is 9.21. The summed E-state index contributed by atoms with van der Waals surface area (Å²) in [5.41, 5.74) is 16.2. The lowest BCUT2D eigenvalue weighted by Crippen LogP contribution is -2.18. The molecule has 630 valence electrons. The zero-order valence-electron chi connectivity index (χ0n) is 68.6. The van der Waals surface area contributed by atoms with Crippen LogP contribution in [0.1, 0.15) is 172 Å². The van der Waals surface area contributed by atoms with Gasteiger partial charge in [0.15, 0.2) is 0 Å². The van der Waals surface area contributed by atoms with E-state index in [1.807, 2.05) is 189 Å². The van der Waals surface area contributed by atoms with Gasteiger partial charge in [0.25, 0.3) is 0 Å². The number of aryl methyl sites for hydroxylation is 4. The Labute approximate surface area is 707 Å². The summed E-state index contributed by atoms with van der Waals surface area (Å²) >= 11 is 4.36. The number of aromatic amines is 6. The van der Waals surface area contributed by atoms with E-state index in [1.165, 1.54) is 28.1 Å². The Morgan fingerprint density at radius 1 is 0.303 bits per heavy atom. The second-order valence-corrected chi connectivity index (χ2v) is 28.3. The van der Waals surface area contributed by atoms with Crippen LogP contribution in [-0.2, 0) is 81.5 Å². The third-order valence-corrected chi connectivity index (χ3v) is 18.6. The quantitative estimate of drug-likeness (QED) is 0.0144. The van der Waals surface area contributed by atoms with Crippen LogP contribution < -0.4 is 34.1 Å². The predicted octanol–water partition coefficient (Wildman–Crippen LogP) is 9.33. The molecule has 0 amide bonds. The number of benzene rings is 6. The van der Waals surface area contributed by atoms with Crippen LogP contribution in [0.15, 0.2) is 169 Å². The highest BCUT2D eigenvalue weighted by atomic mass is 127. The van der Waals surface area contributed by atoms with Crippen LogP contribution in [0.25, 0.3) is 34.1 Å². The molecule has 0 aliphatic rings. The zero-order chi connectivity index (χ0) is 86.5. The Hall–Kier alpha value is -13.2. The van der Waals surface area contributed by atoms with Gasteiger partial charge in [0.05, 0.1) is 68.4 Å². The lowest BCUT2D eigenvalue weighted by molar-refractivity contribution is 0.129. The maximum atomic E-state index is 11.7. The van der Waals surface area contributed by atoms with Crippen molar-refractivity contribution in [1.82, 2.24) is 121 Å². The number of halogens is 2. The number of rotatable bonds is 29. The highest BCUT2D eigenvalue weighted by Crippen LogP contribution is 2.25. The molecule has 44 heteroatoms. The SMILES string of the molecule is CC(C)=NOCc1c(C)cccc1-n1nn[nH]c1=O.CC(C)=NOCc1c(I)cccc1-n1nn[nH]c1=O.CCC(C)=NOCc1c(C)cccc1-n1nn[nH]c1=O.CCC(C)=NOCc1c(CC)cccc1-n1nn[nH]c1=O.CCC(C)=NOCc1c(I)cccc1-n1nn[nH]c1=O.CCc1cccc(-n2nn[nH]c2=O)c1CON=C(C)C. The van der Waals surface area contributed by atoms with Crippen LogP contribution in [0, 0.1) is 21.0 Å². The lowest BCUT2D eigenvalue weighted by atomic mass is 10.0. The average molecular weight is 1860 g/mol.